The number of ketones is 2. The molecule has 2 aromatic carbocycles. The average Bonchev–Trinajstić information content (AvgIpc) is 2.75. The van der Waals surface area contributed by atoms with Crippen LogP contribution in [0.1, 0.15) is 82.2 Å². The lowest BCUT2D eigenvalue weighted by Gasteiger charge is -2.19. The van der Waals surface area contributed by atoms with Gasteiger partial charge in [-0.25, -0.2) is 4.79 Å². The lowest BCUT2D eigenvalue weighted by Crippen LogP contribution is -2.36. The van der Waals surface area contributed by atoms with Crippen molar-refractivity contribution in [1.82, 2.24) is 5.32 Å². The van der Waals surface area contributed by atoms with Gasteiger partial charge in [-0.3, -0.25) is 14.4 Å². The second-order valence-corrected chi connectivity index (χ2v) is 8.30. The summed E-state index contributed by atoms with van der Waals surface area (Å²) in [6.07, 6.45) is 2.94. The average molecular weight is 421 g/mol. The molecule has 6 nitrogen and oxygen atoms in total. The largest absolute Gasteiger partial charge is 0.452 e. The van der Waals surface area contributed by atoms with Crippen LogP contribution in [0.3, 0.4) is 0 Å². The SMILES string of the molecule is CC(C)CCC[C@H](C)NC(=O)COC(=O)c1cccc2c1C(=O)c1ccccc1C2=O. The third-order valence-electron chi connectivity index (χ3n) is 5.33. The Labute approximate surface area is 182 Å². The highest BCUT2D eigenvalue weighted by atomic mass is 16.5. The molecule has 0 unspecified atom stereocenters. The van der Waals surface area contributed by atoms with E-state index in [1.54, 1.807) is 24.3 Å². The smallest absolute Gasteiger partial charge is 0.339 e. The summed E-state index contributed by atoms with van der Waals surface area (Å²) in [5.74, 6) is -1.31. The molecule has 0 bridgehead atoms. The van der Waals surface area contributed by atoms with Crippen molar-refractivity contribution >= 4 is 23.4 Å². The summed E-state index contributed by atoms with van der Waals surface area (Å²) >= 11 is 0. The van der Waals surface area contributed by atoms with Crippen LogP contribution in [0.2, 0.25) is 0 Å². The van der Waals surface area contributed by atoms with Crippen LogP contribution in [0, 0.1) is 5.92 Å². The summed E-state index contributed by atoms with van der Waals surface area (Å²) in [6.45, 7) is 5.77. The maximum absolute atomic E-state index is 13.0. The number of fused-ring (bicyclic) bond motifs is 2. The number of hydrogen-bond donors (Lipinski definition) is 1. The second-order valence-electron chi connectivity index (χ2n) is 8.30. The van der Waals surface area contributed by atoms with E-state index in [0.717, 1.165) is 19.3 Å². The third-order valence-corrected chi connectivity index (χ3v) is 5.33. The van der Waals surface area contributed by atoms with Gasteiger partial charge in [-0.05, 0) is 25.3 Å². The van der Waals surface area contributed by atoms with E-state index in [1.165, 1.54) is 18.2 Å². The molecule has 1 amide bonds. The van der Waals surface area contributed by atoms with Crippen molar-refractivity contribution in [2.75, 3.05) is 6.61 Å². The Balaban J connectivity index is 1.67. The lowest BCUT2D eigenvalue weighted by molar-refractivity contribution is -0.124. The summed E-state index contributed by atoms with van der Waals surface area (Å²) in [7, 11) is 0. The number of ether oxygens (including phenoxy) is 1. The van der Waals surface area contributed by atoms with Crippen molar-refractivity contribution < 1.29 is 23.9 Å². The van der Waals surface area contributed by atoms with Crippen LogP contribution >= 0.6 is 0 Å². The standard InChI is InChI=1S/C25H27NO5/c1-15(2)8-6-9-16(3)26-21(27)14-31-25(30)20-13-7-12-19-22(20)24(29)18-11-5-4-10-17(18)23(19)28/h4-5,7,10-13,15-16H,6,8-9,14H2,1-3H3,(H,26,27)/t16-/m0/s1. The van der Waals surface area contributed by atoms with Crippen LogP contribution in [0.4, 0.5) is 0 Å². The molecule has 0 saturated heterocycles. The van der Waals surface area contributed by atoms with Crippen molar-refractivity contribution in [3.8, 4) is 0 Å². The molecular formula is C25H27NO5. The van der Waals surface area contributed by atoms with Gasteiger partial charge < -0.3 is 10.1 Å². The fourth-order valence-corrected chi connectivity index (χ4v) is 3.74. The fraction of sp³-hybridized carbons (Fsp3) is 0.360. The molecule has 0 spiro atoms. The molecule has 1 N–H and O–H groups in total. The molecule has 1 aliphatic carbocycles. The van der Waals surface area contributed by atoms with Gasteiger partial charge in [-0.2, -0.15) is 0 Å². The van der Waals surface area contributed by atoms with Crippen molar-refractivity contribution in [1.29, 1.82) is 0 Å². The van der Waals surface area contributed by atoms with E-state index in [4.69, 9.17) is 4.74 Å². The van der Waals surface area contributed by atoms with Crippen LogP contribution in [-0.2, 0) is 9.53 Å². The van der Waals surface area contributed by atoms with Gasteiger partial charge in [0.25, 0.3) is 5.91 Å². The van der Waals surface area contributed by atoms with Crippen LogP contribution < -0.4 is 5.32 Å². The van der Waals surface area contributed by atoms with Gasteiger partial charge in [-0.1, -0.05) is 63.1 Å². The first-order valence-corrected chi connectivity index (χ1v) is 10.6. The molecule has 31 heavy (non-hydrogen) atoms. The highest BCUT2D eigenvalue weighted by Gasteiger charge is 2.33. The van der Waals surface area contributed by atoms with Crippen LogP contribution in [-0.4, -0.2) is 36.1 Å². The van der Waals surface area contributed by atoms with E-state index >= 15 is 0 Å². The Hall–Kier alpha value is -3.28. The number of esters is 1. The summed E-state index contributed by atoms with van der Waals surface area (Å²) < 4.78 is 5.16. The molecule has 1 aliphatic rings. The van der Waals surface area contributed by atoms with E-state index in [-0.39, 0.29) is 34.1 Å². The Morgan fingerprint density at radius 1 is 0.871 bits per heavy atom. The number of carbonyl (C=O) groups is 4. The molecule has 0 fully saturated rings. The maximum Gasteiger partial charge on any atom is 0.339 e. The predicted octanol–water partition coefficient (Wildman–Crippen LogP) is 3.95. The van der Waals surface area contributed by atoms with Crippen molar-refractivity contribution in [2.45, 2.75) is 46.1 Å². The number of nitrogens with one attached hydrogen (secondary N) is 1. The Morgan fingerprint density at radius 2 is 1.52 bits per heavy atom. The third kappa shape index (κ3) is 5.08. The Bertz CT molecular complexity index is 1020. The first-order chi connectivity index (χ1) is 14.8. The molecule has 162 valence electrons. The first kappa shape index (κ1) is 22.4. The minimum atomic E-state index is -0.806. The summed E-state index contributed by atoms with van der Waals surface area (Å²) in [6, 6.07) is 11.0. The molecule has 0 saturated carbocycles. The zero-order valence-electron chi connectivity index (χ0n) is 18.1. The van der Waals surface area contributed by atoms with Crippen LogP contribution in [0.25, 0.3) is 0 Å². The number of hydrogen-bond acceptors (Lipinski definition) is 5. The maximum atomic E-state index is 13.0. The predicted molar refractivity (Wildman–Crippen MR) is 116 cm³/mol. The number of amides is 1. The van der Waals surface area contributed by atoms with E-state index in [0.29, 0.717) is 11.5 Å². The van der Waals surface area contributed by atoms with Crippen molar-refractivity contribution in [2.24, 2.45) is 5.92 Å². The number of carbonyl (C=O) groups excluding carboxylic acids is 4. The topological polar surface area (TPSA) is 89.5 Å². The van der Waals surface area contributed by atoms with E-state index < -0.39 is 24.3 Å². The molecule has 0 aromatic heterocycles. The molecule has 1 atom stereocenters. The highest BCUT2D eigenvalue weighted by Crippen LogP contribution is 2.29. The zero-order valence-corrected chi connectivity index (χ0v) is 18.1. The highest BCUT2D eigenvalue weighted by molar-refractivity contribution is 6.30. The lowest BCUT2D eigenvalue weighted by atomic mass is 9.82. The minimum Gasteiger partial charge on any atom is -0.452 e. The van der Waals surface area contributed by atoms with Gasteiger partial charge in [0.1, 0.15) is 0 Å². The van der Waals surface area contributed by atoms with Gasteiger partial charge in [0, 0.05) is 28.3 Å². The summed E-state index contributed by atoms with van der Waals surface area (Å²) in [5.41, 5.74) is 0.757. The Kier molecular flexibility index (Phi) is 7.00. The van der Waals surface area contributed by atoms with Gasteiger partial charge in [0.15, 0.2) is 18.2 Å². The van der Waals surface area contributed by atoms with E-state index in [1.807, 2.05) is 6.92 Å². The fourth-order valence-electron chi connectivity index (χ4n) is 3.74. The van der Waals surface area contributed by atoms with Gasteiger partial charge in [-0.15, -0.1) is 0 Å². The van der Waals surface area contributed by atoms with Crippen molar-refractivity contribution in [3.05, 3.63) is 70.3 Å². The second kappa shape index (κ2) is 9.69. The monoisotopic (exact) mass is 421 g/mol. The number of rotatable bonds is 8. The van der Waals surface area contributed by atoms with Crippen LogP contribution in [0.15, 0.2) is 42.5 Å². The summed E-state index contributed by atoms with van der Waals surface area (Å²) in [5, 5.41) is 2.81. The molecule has 6 heteroatoms. The quantitative estimate of drug-likeness (QED) is 0.556. The van der Waals surface area contributed by atoms with Crippen molar-refractivity contribution in [3.63, 3.8) is 0 Å². The summed E-state index contributed by atoms with van der Waals surface area (Å²) in [4.78, 5) is 50.5. The van der Waals surface area contributed by atoms with E-state index in [9.17, 15) is 19.2 Å². The molecule has 0 heterocycles. The normalized spacial score (nSPS) is 13.4. The molecule has 2 aromatic rings. The minimum absolute atomic E-state index is 0.0110. The first-order valence-electron chi connectivity index (χ1n) is 10.6. The molecule has 0 aliphatic heterocycles. The van der Waals surface area contributed by atoms with Gasteiger partial charge in [0.2, 0.25) is 0 Å². The molecule has 0 radical (unpaired) electrons. The number of benzene rings is 2. The molecule has 3 rings (SSSR count). The molecular weight excluding hydrogens is 394 g/mol. The van der Waals surface area contributed by atoms with Gasteiger partial charge in [0.05, 0.1) is 5.56 Å². The van der Waals surface area contributed by atoms with Gasteiger partial charge >= 0.3 is 5.97 Å². The van der Waals surface area contributed by atoms with Crippen LogP contribution in [0.5, 0.6) is 0 Å². The Morgan fingerprint density at radius 3 is 2.19 bits per heavy atom. The van der Waals surface area contributed by atoms with E-state index in [2.05, 4.69) is 19.2 Å². The zero-order chi connectivity index (χ0) is 22.5.